The van der Waals surface area contributed by atoms with Crippen LogP contribution in [-0.2, 0) is 38.8 Å². The summed E-state index contributed by atoms with van der Waals surface area (Å²) in [6, 6.07) is 61.0. The minimum atomic E-state index is -0.351. The van der Waals surface area contributed by atoms with Crippen molar-refractivity contribution in [2.24, 2.45) is 0 Å². The van der Waals surface area contributed by atoms with Crippen LogP contribution in [0.5, 0.6) is 0 Å². The van der Waals surface area contributed by atoms with Gasteiger partial charge in [0.2, 0.25) is 22.2 Å². The van der Waals surface area contributed by atoms with E-state index >= 15 is 0 Å². The molecular formula is C85H72N16O5S2. The Labute approximate surface area is 628 Å². The molecule has 108 heavy (non-hydrogen) atoms. The molecule has 0 unspecified atom stereocenters. The molecule has 23 heteroatoms. The number of carbonyl (C=O) groups excluding carboxylic acids is 2. The van der Waals surface area contributed by atoms with E-state index in [-0.39, 0.29) is 21.9 Å². The van der Waals surface area contributed by atoms with Crippen LogP contribution in [0.25, 0.3) is 88.1 Å². The van der Waals surface area contributed by atoms with E-state index in [0.29, 0.717) is 82.3 Å². The molecule has 4 N–H and O–H groups in total. The molecule has 0 saturated heterocycles. The lowest BCUT2D eigenvalue weighted by Crippen LogP contribution is -2.32. The molecule has 16 aromatic rings. The number of amides is 1. The van der Waals surface area contributed by atoms with Crippen LogP contribution in [0.15, 0.2) is 237 Å². The zero-order valence-corrected chi connectivity index (χ0v) is 61.2. The van der Waals surface area contributed by atoms with E-state index in [2.05, 4.69) is 104 Å². The van der Waals surface area contributed by atoms with Gasteiger partial charge in [0.05, 0.1) is 49.1 Å². The van der Waals surface area contributed by atoms with Crippen molar-refractivity contribution in [2.75, 3.05) is 37.2 Å². The van der Waals surface area contributed by atoms with E-state index in [9.17, 15) is 19.2 Å². The van der Waals surface area contributed by atoms with Gasteiger partial charge in [-0.1, -0.05) is 66.7 Å². The quantitative estimate of drug-likeness (QED) is 0.0519. The van der Waals surface area contributed by atoms with Crippen LogP contribution in [0.1, 0.15) is 76.4 Å². The smallest absolute Gasteiger partial charge is 0.255 e. The van der Waals surface area contributed by atoms with Crippen molar-refractivity contribution >= 4 is 99.5 Å². The van der Waals surface area contributed by atoms with Crippen molar-refractivity contribution in [3.05, 3.63) is 306 Å². The minimum Gasteiger partial charge on any atom is -0.456 e. The summed E-state index contributed by atoms with van der Waals surface area (Å²) in [6.07, 6.45) is 11.8. The monoisotopic (exact) mass is 1460 g/mol. The maximum Gasteiger partial charge on any atom is 0.255 e. The summed E-state index contributed by atoms with van der Waals surface area (Å²) in [7, 11) is 0. The Morgan fingerprint density at radius 3 is 1.80 bits per heavy atom. The van der Waals surface area contributed by atoms with E-state index in [1.165, 1.54) is 49.5 Å². The second-order valence-electron chi connectivity index (χ2n) is 27.1. The van der Waals surface area contributed by atoms with Crippen molar-refractivity contribution in [2.45, 2.75) is 70.8 Å². The van der Waals surface area contributed by atoms with Gasteiger partial charge in [0.15, 0.2) is 9.77 Å². The van der Waals surface area contributed by atoms with Crippen LogP contribution in [0, 0.1) is 27.7 Å². The average Bonchev–Trinajstić information content (AvgIpc) is 0.929. The highest BCUT2D eigenvalue weighted by Gasteiger charge is 2.23. The molecule has 2 aliphatic rings. The molecule has 0 saturated carbocycles. The fourth-order valence-corrected chi connectivity index (χ4v) is 15.6. The summed E-state index contributed by atoms with van der Waals surface area (Å²) < 4.78 is 7.73. The highest BCUT2D eigenvalue weighted by molar-refractivity contribution is 8.15. The Bertz CT molecular complexity index is 6220. The summed E-state index contributed by atoms with van der Waals surface area (Å²) in [5, 5.41) is 31.4. The fourth-order valence-electron chi connectivity index (χ4n) is 13.7. The third-order valence-corrected chi connectivity index (χ3v) is 22.1. The number of nitrogens with two attached hydrogens (primary N) is 1. The maximum absolute atomic E-state index is 13.6. The third-order valence-electron chi connectivity index (χ3n) is 20.1. The molecule has 1 amide bonds. The van der Waals surface area contributed by atoms with Gasteiger partial charge in [-0.15, -0.1) is 41.3 Å². The number of aromatic nitrogens is 12. The number of fused-ring (bicyclic) bond motifs is 7. The van der Waals surface area contributed by atoms with Crippen LogP contribution in [0.4, 0.5) is 11.4 Å². The number of thiazole rings is 1. The predicted molar refractivity (Wildman–Crippen MR) is 426 cm³/mol. The molecule has 0 atom stereocenters. The van der Waals surface area contributed by atoms with E-state index in [4.69, 9.17) is 15.2 Å². The number of anilines is 2. The summed E-state index contributed by atoms with van der Waals surface area (Å²) in [4.78, 5) is 76.6. The number of aryl methyl sites for hydroxylation is 4. The van der Waals surface area contributed by atoms with Crippen LogP contribution in [0.3, 0.4) is 0 Å². The van der Waals surface area contributed by atoms with E-state index in [1.807, 2.05) is 143 Å². The highest BCUT2D eigenvalue weighted by atomic mass is 32.2. The summed E-state index contributed by atoms with van der Waals surface area (Å²) in [6.45, 7) is 14.2. The zero-order chi connectivity index (χ0) is 73.9. The van der Waals surface area contributed by atoms with Crippen molar-refractivity contribution in [1.29, 1.82) is 0 Å². The molecule has 2 aliphatic heterocycles. The summed E-state index contributed by atoms with van der Waals surface area (Å²) in [5.74, 6) is 0.574. The molecule has 0 aliphatic carbocycles. The molecule has 21 nitrogen and oxygen atoms in total. The number of carbonyl (C=O) groups is 2. The molecule has 9 heterocycles. The third kappa shape index (κ3) is 14.9. The Kier molecular flexibility index (Phi) is 19.7. The minimum absolute atomic E-state index is 0.0704. The standard InChI is InChI=1S/C39H33N7O3.C25H27N7.C21H12N2O2S2/c1-24-19-33(34(20-25(24)2)41-39(48)27-9-12-32-36(21-27)49-35-6-4-3-5-31(35)37(32)47)38-42-44-46(43-38)30-10-7-26(8-11-30)14-17-45-18-15-28-22-40-16-13-29(28)23-45;1-17-13-23(24(26)14-18(17)2)25-28-30-32(29-25)22-5-3-19(4-6-22)8-11-31-12-9-20-15-27-10-7-21(20)16-31;24-19-12-6-1-2-9-15(12)22-18-13(19)7-5-8-14(18)20(25)27-21-23-16-10-3-4-11-17(16)26-21/h3-13,16,19-22H,14-15,17-18,23H2,1-2H3,(H,41,48);3-7,10,13-15H,8-9,11-12,16,26H2,1-2H3;1-11H,(H,22,24). The van der Waals surface area contributed by atoms with Gasteiger partial charge in [0, 0.05) is 103 Å². The van der Waals surface area contributed by atoms with E-state index in [1.54, 1.807) is 65.5 Å². The fraction of sp³-hybridized carbons (Fsp3) is 0.165. The van der Waals surface area contributed by atoms with E-state index in [0.717, 1.165) is 132 Å². The Morgan fingerprint density at radius 2 is 1.13 bits per heavy atom. The lowest BCUT2D eigenvalue weighted by Gasteiger charge is -2.28. The molecular weight excluding hydrogens is 1390 g/mol. The Balaban J connectivity index is 0.000000131. The topological polar surface area (TPSA) is 268 Å². The van der Waals surface area contributed by atoms with Crippen LogP contribution in [0.2, 0.25) is 0 Å². The molecule has 0 fully saturated rings. The number of nitrogens with one attached hydrogen (secondary N) is 2. The zero-order valence-electron chi connectivity index (χ0n) is 59.6. The lowest BCUT2D eigenvalue weighted by atomic mass is 10.0. The summed E-state index contributed by atoms with van der Waals surface area (Å²) >= 11 is 2.59. The van der Waals surface area contributed by atoms with Gasteiger partial charge < -0.3 is 20.5 Å². The number of hydrogen-bond acceptors (Lipinski definition) is 19. The molecule has 0 bridgehead atoms. The second kappa shape index (κ2) is 30.5. The first-order chi connectivity index (χ1) is 52.7. The normalized spacial score (nSPS) is 12.9. The average molecular weight is 1460 g/mol. The number of aromatic amines is 1. The Morgan fingerprint density at radius 1 is 0.565 bits per heavy atom. The first kappa shape index (κ1) is 69.8. The predicted octanol–water partition coefficient (Wildman–Crippen LogP) is 15.2. The van der Waals surface area contributed by atoms with Crippen molar-refractivity contribution in [3.63, 3.8) is 0 Å². The van der Waals surface area contributed by atoms with E-state index < -0.39 is 0 Å². The van der Waals surface area contributed by atoms with Gasteiger partial charge in [0.25, 0.3) is 5.91 Å². The lowest BCUT2D eigenvalue weighted by molar-refractivity contribution is 0.102. The van der Waals surface area contributed by atoms with Gasteiger partial charge in [-0.3, -0.25) is 38.9 Å². The first-order valence-electron chi connectivity index (χ1n) is 35.6. The molecule has 7 aromatic heterocycles. The second-order valence-corrected chi connectivity index (χ2v) is 29.4. The van der Waals surface area contributed by atoms with Crippen LogP contribution in [-0.4, -0.2) is 107 Å². The van der Waals surface area contributed by atoms with Gasteiger partial charge in [-0.2, -0.15) is 0 Å². The summed E-state index contributed by atoms with van der Waals surface area (Å²) in [5.41, 5.74) is 26.6. The number of benzene rings is 9. The number of nitrogen functional groups attached to an aromatic ring is 1. The molecule has 9 aromatic carbocycles. The van der Waals surface area contributed by atoms with Gasteiger partial charge >= 0.3 is 0 Å². The van der Waals surface area contributed by atoms with Gasteiger partial charge in [-0.25, -0.2) is 4.98 Å². The first-order valence-corrected chi connectivity index (χ1v) is 37.2. The Hall–Kier alpha value is -12.5. The van der Waals surface area contributed by atoms with Crippen LogP contribution < -0.4 is 21.9 Å². The molecule has 534 valence electrons. The number of pyridine rings is 3. The van der Waals surface area contributed by atoms with Gasteiger partial charge in [-0.05, 0) is 259 Å². The molecule has 18 rings (SSSR count). The van der Waals surface area contributed by atoms with Gasteiger partial charge in [0.1, 0.15) is 11.2 Å². The molecule has 0 radical (unpaired) electrons. The molecule has 0 spiro atoms. The number of hydrogen-bond donors (Lipinski definition) is 3. The number of nitrogens with zero attached hydrogens (tertiary/aromatic N) is 13. The number of thioether (sulfide) groups is 1. The van der Waals surface area contributed by atoms with Crippen molar-refractivity contribution < 1.29 is 14.0 Å². The van der Waals surface area contributed by atoms with Crippen LogP contribution >= 0.6 is 23.1 Å². The SMILES string of the molecule is Cc1cc(N)c(-c2nnn(-c3ccc(CCN4CCc5cnccc5C4)cc3)n2)cc1C.Cc1cc(NC(=O)c2ccc3c(=O)c4ccccc4oc3c2)c(-c2nnn(-c3ccc(CCN4CCc5cnccc5C4)cc3)n2)cc1C.O=C(Sc1nc2ccccc2s1)c1cccc2c(=O)c3ccccc3[nH]c12. The van der Waals surface area contributed by atoms with Crippen molar-refractivity contribution in [1.82, 2.24) is 70.2 Å². The number of H-pyrrole nitrogens is 1. The van der Waals surface area contributed by atoms with Crippen molar-refractivity contribution in [3.8, 4) is 34.2 Å². The number of para-hydroxylation sites is 4. The number of rotatable bonds is 14. The number of tetrazole rings is 2. The maximum atomic E-state index is 13.6. The largest absolute Gasteiger partial charge is 0.456 e. The highest BCUT2D eigenvalue weighted by Crippen LogP contribution is 2.35.